The van der Waals surface area contributed by atoms with E-state index in [1.807, 2.05) is 0 Å². The van der Waals surface area contributed by atoms with Gasteiger partial charge >= 0.3 is 5.97 Å². The third-order valence-corrected chi connectivity index (χ3v) is 1.44. The lowest BCUT2D eigenvalue weighted by Crippen LogP contribution is -2.16. The minimum atomic E-state index is -2.73. The quantitative estimate of drug-likeness (QED) is 0.597. The third-order valence-electron chi connectivity index (χ3n) is 1.44. The van der Waals surface area contributed by atoms with Gasteiger partial charge < -0.3 is 4.74 Å². The van der Waals surface area contributed by atoms with Crippen LogP contribution in [0.2, 0.25) is 0 Å². The number of methoxy groups -OCH3 is 1. The molecule has 0 N–H and O–H groups in total. The van der Waals surface area contributed by atoms with Crippen LogP contribution in [0.3, 0.4) is 0 Å². The largest absolute Gasteiger partial charge is 0.469 e. The van der Waals surface area contributed by atoms with Crippen molar-refractivity contribution in [2.75, 3.05) is 7.11 Å². The number of esters is 1. The highest BCUT2D eigenvalue weighted by atomic mass is 19.3. The van der Waals surface area contributed by atoms with Gasteiger partial charge in [-0.15, -0.1) is 0 Å². The highest BCUT2D eigenvalue weighted by Gasteiger charge is 2.26. The van der Waals surface area contributed by atoms with Crippen LogP contribution in [0.15, 0.2) is 0 Å². The standard InChI is InChI=1S/C7H12F2O2/c1-3-7(8,9)5-4-6(10)11-2/h3-5H2,1-2H3. The SMILES string of the molecule is CCC(F)(F)CCC(=O)OC. The molecule has 0 aliphatic rings. The summed E-state index contributed by atoms with van der Waals surface area (Å²) in [4.78, 5) is 10.4. The predicted octanol–water partition coefficient (Wildman–Crippen LogP) is 1.98. The molecule has 4 heteroatoms. The molecule has 0 aliphatic carbocycles. The fraction of sp³-hybridized carbons (Fsp3) is 0.857. The molecule has 0 spiro atoms. The fourth-order valence-corrected chi connectivity index (χ4v) is 0.564. The first kappa shape index (κ1) is 10.3. The first-order chi connectivity index (χ1) is 5.02. The molecule has 0 unspecified atom stereocenters. The Labute approximate surface area is 64.5 Å². The molecular weight excluding hydrogens is 154 g/mol. The number of carbonyl (C=O) groups excluding carboxylic acids is 1. The van der Waals surface area contributed by atoms with Crippen LogP contribution in [-0.2, 0) is 9.53 Å². The van der Waals surface area contributed by atoms with E-state index in [9.17, 15) is 13.6 Å². The Morgan fingerprint density at radius 1 is 1.55 bits per heavy atom. The van der Waals surface area contributed by atoms with Crippen LogP contribution in [0.5, 0.6) is 0 Å². The molecule has 0 aromatic carbocycles. The molecule has 0 heterocycles. The highest BCUT2D eigenvalue weighted by Crippen LogP contribution is 2.23. The van der Waals surface area contributed by atoms with Crippen LogP contribution < -0.4 is 0 Å². The molecule has 0 rings (SSSR count). The normalized spacial score (nSPS) is 11.3. The molecule has 0 aliphatic heterocycles. The average molecular weight is 166 g/mol. The number of halogens is 2. The van der Waals surface area contributed by atoms with E-state index in [1.54, 1.807) is 0 Å². The van der Waals surface area contributed by atoms with E-state index < -0.39 is 18.3 Å². The van der Waals surface area contributed by atoms with E-state index in [-0.39, 0.29) is 12.8 Å². The van der Waals surface area contributed by atoms with Gasteiger partial charge in [0, 0.05) is 12.8 Å². The molecule has 11 heavy (non-hydrogen) atoms. The van der Waals surface area contributed by atoms with Crippen molar-refractivity contribution in [2.24, 2.45) is 0 Å². The van der Waals surface area contributed by atoms with Gasteiger partial charge in [-0.2, -0.15) is 0 Å². The summed E-state index contributed by atoms with van der Waals surface area (Å²) in [7, 11) is 1.19. The van der Waals surface area contributed by atoms with Gasteiger partial charge in [-0.25, -0.2) is 8.78 Å². The van der Waals surface area contributed by atoms with Crippen molar-refractivity contribution in [1.82, 2.24) is 0 Å². The Balaban J connectivity index is 3.61. The Hall–Kier alpha value is -0.670. The number of carbonyl (C=O) groups is 1. The Morgan fingerprint density at radius 2 is 2.09 bits per heavy atom. The van der Waals surface area contributed by atoms with Gasteiger partial charge in [0.1, 0.15) is 0 Å². The summed E-state index contributed by atoms with van der Waals surface area (Å²) >= 11 is 0. The van der Waals surface area contributed by atoms with Crippen molar-refractivity contribution in [3.05, 3.63) is 0 Å². The maximum atomic E-state index is 12.4. The molecule has 0 fully saturated rings. The maximum absolute atomic E-state index is 12.4. The van der Waals surface area contributed by atoms with Gasteiger partial charge in [-0.3, -0.25) is 4.79 Å². The molecule has 0 aromatic rings. The second kappa shape index (κ2) is 4.26. The van der Waals surface area contributed by atoms with Crippen molar-refractivity contribution in [3.63, 3.8) is 0 Å². The summed E-state index contributed by atoms with van der Waals surface area (Å²) in [6, 6.07) is 0. The monoisotopic (exact) mass is 166 g/mol. The van der Waals surface area contributed by atoms with E-state index in [0.29, 0.717) is 0 Å². The summed E-state index contributed by atoms with van der Waals surface area (Å²) in [6.45, 7) is 1.39. The first-order valence-electron chi connectivity index (χ1n) is 3.46. The minimum Gasteiger partial charge on any atom is -0.469 e. The zero-order chi connectivity index (χ0) is 8.91. The van der Waals surface area contributed by atoms with Crippen molar-refractivity contribution in [2.45, 2.75) is 32.1 Å². The zero-order valence-corrected chi connectivity index (χ0v) is 6.69. The molecule has 66 valence electrons. The number of hydrogen-bond acceptors (Lipinski definition) is 2. The average Bonchev–Trinajstić information content (AvgIpc) is 2.00. The Kier molecular flexibility index (Phi) is 4.00. The molecule has 2 nitrogen and oxygen atoms in total. The molecule has 0 saturated carbocycles. The summed E-state index contributed by atoms with van der Waals surface area (Å²) < 4.78 is 29.1. The lowest BCUT2D eigenvalue weighted by atomic mass is 10.1. The Morgan fingerprint density at radius 3 is 2.45 bits per heavy atom. The van der Waals surface area contributed by atoms with Crippen molar-refractivity contribution in [3.8, 4) is 0 Å². The van der Waals surface area contributed by atoms with E-state index in [2.05, 4.69) is 4.74 Å². The molecule has 0 amide bonds. The van der Waals surface area contributed by atoms with Crippen LogP contribution in [-0.4, -0.2) is 19.0 Å². The molecule has 0 radical (unpaired) electrons. The van der Waals surface area contributed by atoms with E-state index in [4.69, 9.17) is 0 Å². The number of rotatable bonds is 4. The predicted molar refractivity (Wildman–Crippen MR) is 36.5 cm³/mol. The second-order valence-corrected chi connectivity index (χ2v) is 2.29. The molecule has 0 aromatic heterocycles. The van der Waals surface area contributed by atoms with E-state index in [0.717, 1.165) is 0 Å². The van der Waals surface area contributed by atoms with Crippen LogP contribution in [0, 0.1) is 0 Å². The molecule has 0 saturated heterocycles. The van der Waals surface area contributed by atoms with Gasteiger partial charge in [0.15, 0.2) is 0 Å². The molecule has 0 atom stereocenters. The first-order valence-corrected chi connectivity index (χ1v) is 3.46. The van der Waals surface area contributed by atoms with Crippen LogP contribution >= 0.6 is 0 Å². The summed E-state index contributed by atoms with van der Waals surface area (Å²) in [5.74, 6) is -3.31. The van der Waals surface area contributed by atoms with Gasteiger partial charge in [0.2, 0.25) is 5.92 Å². The van der Waals surface area contributed by atoms with Crippen LogP contribution in [0.1, 0.15) is 26.2 Å². The van der Waals surface area contributed by atoms with Crippen molar-refractivity contribution in [1.29, 1.82) is 0 Å². The number of ether oxygens (including phenoxy) is 1. The van der Waals surface area contributed by atoms with Gasteiger partial charge in [-0.05, 0) is 0 Å². The van der Waals surface area contributed by atoms with Crippen LogP contribution in [0.4, 0.5) is 8.78 Å². The van der Waals surface area contributed by atoms with Crippen molar-refractivity contribution >= 4 is 5.97 Å². The van der Waals surface area contributed by atoms with Gasteiger partial charge in [0.05, 0.1) is 13.5 Å². The number of alkyl halides is 2. The summed E-state index contributed by atoms with van der Waals surface area (Å²) in [6.07, 6.45) is -0.864. The number of hydrogen-bond donors (Lipinski definition) is 0. The smallest absolute Gasteiger partial charge is 0.305 e. The lowest BCUT2D eigenvalue weighted by molar-refractivity contribution is -0.142. The zero-order valence-electron chi connectivity index (χ0n) is 6.69. The highest BCUT2D eigenvalue weighted by molar-refractivity contribution is 5.69. The Bertz CT molecular complexity index is 134. The molecule has 0 bridgehead atoms. The van der Waals surface area contributed by atoms with E-state index in [1.165, 1.54) is 14.0 Å². The second-order valence-electron chi connectivity index (χ2n) is 2.29. The van der Waals surface area contributed by atoms with Gasteiger partial charge in [0.25, 0.3) is 0 Å². The summed E-state index contributed by atoms with van der Waals surface area (Å²) in [5, 5.41) is 0. The lowest BCUT2D eigenvalue weighted by Gasteiger charge is -2.11. The topological polar surface area (TPSA) is 26.3 Å². The summed E-state index contributed by atoms with van der Waals surface area (Å²) in [5.41, 5.74) is 0. The minimum absolute atomic E-state index is 0.211. The van der Waals surface area contributed by atoms with Crippen molar-refractivity contribution < 1.29 is 18.3 Å². The third kappa shape index (κ3) is 4.70. The molecular formula is C7H12F2O2. The fourth-order valence-electron chi connectivity index (χ4n) is 0.564. The van der Waals surface area contributed by atoms with Gasteiger partial charge in [-0.1, -0.05) is 6.92 Å². The maximum Gasteiger partial charge on any atom is 0.305 e. The van der Waals surface area contributed by atoms with E-state index >= 15 is 0 Å². The van der Waals surface area contributed by atoms with Crippen LogP contribution in [0.25, 0.3) is 0 Å².